The molecule has 0 saturated carbocycles. The Morgan fingerprint density at radius 2 is 1.74 bits per heavy atom. The first-order chi connectivity index (χ1) is 9.29. The molecule has 0 N–H and O–H groups in total. The SMILES string of the molecule is N#Cc1ccc(C=CC(=O)N2CCCCCC2)cc1. The van der Waals surface area contributed by atoms with Crippen molar-refractivity contribution in [1.82, 2.24) is 4.90 Å². The van der Waals surface area contributed by atoms with Crippen molar-refractivity contribution >= 4 is 12.0 Å². The molecule has 0 spiro atoms. The quantitative estimate of drug-likeness (QED) is 0.761. The van der Waals surface area contributed by atoms with Crippen LogP contribution in [0.3, 0.4) is 0 Å². The fourth-order valence-corrected chi connectivity index (χ4v) is 2.23. The highest BCUT2D eigenvalue weighted by molar-refractivity contribution is 5.91. The minimum atomic E-state index is 0.0891. The average molecular weight is 254 g/mol. The van der Waals surface area contributed by atoms with Crippen LogP contribution in [0.25, 0.3) is 6.08 Å². The second kappa shape index (κ2) is 6.75. The minimum absolute atomic E-state index is 0.0891. The maximum atomic E-state index is 12.0. The largest absolute Gasteiger partial charge is 0.339 e. The first-order valence-electron chi connectivity index (χ1n) is 6.77. The van der Waals surface area contributed by atoms with E-state index in [4.69, 9.17) is 5.26 Å². The van der Waals surface area contributed by atoms with E-state index >= 15 is 0 Å². The van der Waals surface area contributed by atoms with Crippen molar-refractivity contribution in [3.63, 3.8) is 0 Å². The Hall–Kier alpha value is -2.08. The van der Waals surface area contributed by atoms with Crippen LogP contribution in [0.5, 0.6) is 0 Å². The van der Waals surface area contributed by atoms with Crippen molar-refractivity contribution < 1.29 is 4.79 Å². The lowest BCUT2D eigenvalue weighted by Gasteiger charge is -2.17. The summed E-state index contributed by atoms with van der Waals surface area (Å²) in [6.45, 7) is 1.74. The molecule has 3 heteroatoms. The molecule has 0 aliphatic carbocycles. The first-order valence-corrected chi connectivity index (χ1v) is 6.77. The van der Waals surface area contributed by atoms with Crippen LogP contribution in [0.1, 0.15) is 36.8 Å². The molecule has 3 nitrogen and oxygen atoms in total. The molecule has 1 aliphatic heterocycles. The van der Waals surface area contributed by atoms with E-state index in [-0.39, 0.29) is 5.91 Å². The predicted molar refractivity (Wildman–Crippen MR) is 75.2 cm³/mol. The number of benzene rings is 1. The van der Waals surface area contributed by atoms with Gasteiger partial charge in [0.25, 0.3) is 0 Å². The molecule has 1 amide bonds. The van der Waals surface area contributed by atoms with Gasteiger partial charge >= 0.3 is 0 Å². The van der Waals surface area contributed by atoms with Gasteiger partial charge in [-0.1, -0.05) is 25.0 Å². The molecule has 0 atom stereocenters. The van der Waals surface area contributed by atoms with E-state index in [0.29, 0.717) is 5.56 Å². The van der Waals surface area contributed by atoms with Crippen LogP contribution in [0.15, 0.2) is 30.3 Å². The summed E-state index contributed by atoms with van der Waals surface area (Å²) < 4.78 is 0. The number of hydrogen-bond acceptors (Lipinski definition) is 2. The van der Waals surface area contributed by atoms with Crippen molar-refractivity contribution in [1.29, 1.82) is 5.26 Å². The molecule has 1 saturated heterocycles. The van der Waals surface area contributed by atoms with Crippen molar-refractivity contribution in [2.75, 3.05) is 13.1 Å². The molecular formula is C16H18N2O. The Morgan fingerprint density at radius 3 is 2.32 bits per heavy atom. The smallest absolute Gasteiger partial charge is 0.246 e. The van der Waals surface area contributed by atoms with E-state index in [0.717, 1.165) is 31.5 Å². The zero-order valence-corrected chi connectivity index (χ0v) is 11.0. The zero-order valence-electron chi connectivity index (χ0n) is 11.0. The average Bonchev–Trinajstić information content (AvgIpc) is 2.74. The lowest BCUT2D eigenvalue weighted by atomic mass is 10.1. The van der Waals surface area contributed by atoms with Gasteiger partial charge in [-0.15, -0.1) is 0 Å². The third-order valence-corrected chi connectivity index (χ3v) is 3.38. The molecule has 2 rings (SSSR count). The van der Waals surface area contributed by atoms with Gasteiger partial charge in [0.15, 0.2) is 0 Å². The highest BCUT2D eigenvalue weighted by Crippen LogP contribution is 2.11. The second-order valence-corrected chi connectivity index (χ2v) is 4.81. The molecule has 0 unspecified atom stereocenters. The van der Waals surface area contributed by atoms with Crippen molar-refractivity contribution in [3.05, 3.63) is 41.5 Å². The van der Waals surface area contributed by atoms with Crippen molar-refractivity contribution in [2.24, 2.45) is 0 Å². The van der Waals surface area contributed by atoms with Crippen LogP contribution in [0.2, 0.25) is 0 Å². The van der Waals surface area contributed by atoms with E-state index < -0.39 is 0 Å². The number of rotatable bonds is 2. The molecule has 0 bridgehead atoms. The Balaban J connectivity index is 1.96. The number of hydrogen-bond donors (Lipinski definition) is 0. The summed E-state index contributed by atoms with van der Waals surface area (Å²) in [5.74, 6) is 0.0891. The van der Waals surface area contributed by atoms with Crippen LogP contribution in [0.4, 0.5) is 0 Å². The van der Waals surface area contributed by atoms with Crippen LogP contribution in [-0.4, -0.2) is 23.9 Å². The van der Waals surface area contributed by atoms with Gasteiger partial charge in [0, 0.05) is 19.2 Å². The molecule has 1 fully saturated rings. The van der Waals surface area contributed by atoms with Crippen LogP contribution < -0.4 is 0 Å². The first kappa shape index (κ1) is 13.4. The fourth-order valence-electron chi connectivity index (χ4n) is 2.23. The van der Waals surface area contributed by atoms with E-state index in [1.165, 1.54) is 12.8 Å². The number of carbonyl (C=O) groups excluding carboxylic acids is 1. The van der Waals surface area contributed by atoms with Gasteiger partial charge in [-0.25, -0.2) is 0 Å². The molecule has 0 aromatic heterocycles. The van der Waals surface area contributed by atoms with Gasteiger partial charge in [-0.2, -0.15) is 5.26 Å². The van der Waals surface area contributed by atoms with Crippen LogP contribution >= 0.6 is 0 Å². The Bertz CT molecular complexity index is 488. The van der Waals surface area contributed by atoms with Gasteiger partial charge in [0.1, 0.15) is 0 Å². The lowest BCUT2D eigenvalue weighted by Crippen LogP contribution is -2.30. The maximum absolute atomic E-state index is 12.0. The molecule has 98 valence electrons. The highest BCUT2D eigenvalue weighted by Gasteiger charge is 2.12. The minimum Gasteiger partial charge on any atom is -0.339 e. The monoisotopic (exact) mass is 254 g/mol. The summed E-state index contributed by atoms with van der Waals surface area (Å²) in [7, 11) is 0. The van der Waals surface area contributed by atoms with E-state index in [9.17, 15) is 4.79 Å². The third-order valence-electron chi connectivity index (χ3n) is 3.38. The Kier molecular flexibility index (Phi) is 4.74. The molecule has 19 heavy (non-hydrogen) atoms. The normalized spacial score (nSPS) is 16.1. The van der Waals surface area contributed by atoms with Gasteiger partial charge in [0.05, 0.1) is 11.6 Å². The number of likely N-dealkylation sites (tertiary alicyclic amines) is 1. The van der Waals surface area contributed by atoms with Crippen molar-refractivity contribution in [2.45, 2.75) is 25.7 Å². The lowest BCUT2D eigenvalue weighted by molar-refractivity contribution is -0.125. The van der Waals surface area contributed by atoms with E-state index in [2.05, 4.69) is 6.07 Å². The molecule has 0 radical (unpaired) electrons. The number of amides is 1. The van der Waals surface area contributed by atoms with Crippen LogP contribution in [-0.2, 0) is 4.79 Å². The number of nitriles is 1. The van der Waals surface area contributed by atoms with Gasteiger partial charge < -0.3 is 4.90 Å². The second-order valence-electron chi connectivity index (χ2n) is 4.81. The predicted octanol–water partition coefficient (Wildman–Crippen LogP) is 2.97. The highest BCUT2D eigenvalue weighted by atomic mass is 16.2. The van der Waals surface area contributed by atoms with E-state index in [1.54, 1.807) is 18.2 Å². The third kappa shape index (κ3) is 3.96. The summed E-state index contributed by atoms with van der Waals surface area (Å²) in [4.78, 5) is 14.0. The molecule has 1 aliphatic rings. The van der Waals surface area contributed by atoms with Crippen LogP contribution in [0, 0.1) is 11.3 Å². The molecule has 1 heterocycles. The molecular weight excluding hydrogens is 236 g/mol. The van der Waals surface area contributed by atoms with Gasteiger partial charge in [-0.3, -0.25) is 4.79 Å². The van der Waals surface area contributed by atoms with Gasteiger partial charge in [0.2, 0.25) is 5.91 Å². The molecule has 1 aromatic carbocycles. The Morgan fingerprint density at radius 1 is 1.11 bits per heavy atom. The standard InChI is InChI=1S/C16H18N2O/c17-13-15-7-5-14(6-8-15)9-10-16(19)18-11-3-1-2-4-12-18/h5-10H,1-4,11-12H2. The zero-order chi connectivity index (χ0) is 13.5. The topological polar surface area (TPSA) is 44.1 Å². The number of nitrogens with zero attached hydrogens (tertiary/aromatic N) is 2. The van der Waals surface area contributed by atoms with Gasteiger partial charge in [-0.05, 0) is 36.6 Å². The maximum Gasteiger partial charge on any atom is 0.246 e. The number of carbonyl (C=O) groups is 1. The molecule has 1 aromatic rings. The summed E-state index contributed by atoms with van der Waals surface area (Å²) in [6.07, 6.45) is 8.11. The summed E-state index contributed by atoms with van der Waals surface area (Å²) in [5, 5.41) is 8.71. The summed E-state index contributed by atoms with van der Waals surface area (Å²) in [5.41, 5.74) is 1.58. The Labute approximate surface area is 114 Å². The summed E-state index contributed by atoms with van der Waals surface area (Å²) in [6, 6.07) is 9.30. The van der Waals surface area contributed by atoms with E-state index in [1.807, 2.05) is 23.1 Å². The fraction of sp³-hybridized carbons (Fsp3) is 0.375. The van der Waals surface area contributed by atoms with Crippen molar-refractivity contribution in [3.8, 4) is 6.07 Å². The summed E-state index contributed by atoms with van der Waals surface area (Å²) >= 11 is 0.